The van der Waals surface area contributed by atoms with Crippen LogP contribution in [-0.4, -0.2) is 13.1 Å². The third kappa shape index (κ3) is 5.10. The molecule has 0 N–H and O–H groups in total. The van der Waals surface area contributed by atoms with Crippen molar-refractivity contribution in [2.75, 3.05) is 7.11 Å². The smallest absolute Gasteiger partial charge is 0.311 e. The van der Waals surface area contributed by atoms with Gasteiger partial charge in [0.25, 0.3) is 0 Å². The second-order valence-electron chi connectivity index (χ2n) is 5.31. The maximum atomic E-state index is 11.7. The number of allylic oxidation sites excluding steroid dienone is 1. The molecule has 0 unspecified atom stereocenters. The van der Waals surface area contributed by atoms with Gasteiger partial charge in [-0.25, -0.2) is 0 Å². The number of methoxy groups -OCH3 is 1. The number of ether oxygens (including phenoxy) is 2. The molecule has 0 radical (unpaired) electrons. The molecule has 4 nitrogen and oxygen atoms in total. The van der Waals surface area contributed by atoms with Crippen LogP contribution in [0.2, 0.25) is 5.02 Å². The minimum atomic E-state index is -0.303. The first kappa shape index (κ1) is 18.6. The fourth-order valence-electron chi connectivity index (χ4n) is 2.21. The van der Waals surface area contributed by atoms with E-state index >= 15 is 0 Å². The lowest BCUT2D eigenvalue weighted by Gasteiger charge is -2.10. The minimum absolute atomic E-state index is 0.303. The lowest BCUT2D eigenvalue weighted by Crippen LogP contribution is -2.07. The van der Waals surface area contributed by atoms with Gasteiger partial charge in [0.1, 0.15) is 0 Å². The summed E-state index contributed by atoms with van der Waals surface area (Å²) in [5, 5.41) is 10.0. The zero-order valence-corrected chi connectivity index (χ0v) is 14.8. The molecule has 0 saturated heterocycles. The van der Waals surface area contributed by atoms with Crippen molar-refractivity contribution in [1.82, 2.24) is 0 Å². The molecule has 0 aliphatic carbocycles. The van der Waals surface area contributed by atoms with Gasteiger partial charge in [-0.3, -0.25) is 4.79 Å². The van der Waals surface area contributed by atoms with E-state index in [9.17, 15) is 10.1 Å². The van der Waals surface area contributed by atoms with Crippen LogP contribution in [-0.2, 0) is 4.79 Å². The second kappa shape index (κ2) is 8.91. The van der Waals surface area contributed by atoms with E-state index in [1.165, 1.54) is 7.11 Å². The maximum Gasteiger partial charge on any atom is 0.311 e. The number of benzene rings is 2. The number of hydrogen-bond acceptors (Lipinski definition) is 4. The summed E-state index contributed by atoms with van der Waals surface area (Å²) in [7, 11) is 1.50. The predicted octanol–water partition coefficient (Wildman–Crippen LogP) is 5.12. The van der Waals surface area contributed by atoms with E-state index in [-0.39, 0.29) is 5.97 Å². The van der Waals surface area contributed by atoms with Crippen LogP contribution in [0.4, 0.5) is 0 Å². The highest BCUT2D eigenvalue weighted by molar-refractivity contribution is 6.30. The van der Waals surface area contributed by atoms with Crippen molar-refractivity contribution < 1.29 is 14.3 Å². The van der Waals surface area contributed by atoms with E-state index in [4.69, 9.17) is 21.1 Å². The van der Waals surface area contributed by atoms with Gasteiger partial charge < -0.3 is 9.47 Å². The molecule has 0 fully saturated rings. The molecule has 0 amide bonds. The maximum absolute atomic E-state index is 11.7. The Labute approximate surface area is 152 Å². The third-order valence-corrected chi connectivity index (χ3v) is 3.70. The highest BCUT2D eigenvalue weighted by Gasteiger charge is 2.10. The zero-order chi connectivity index (χ0) is 18.2. The van der Waals surface area contributed by atoms with Crippen molar-refractivity contribution in [3.8, 4) is 17.6 Å². The van der Waals surface area contributed by atoms with Gasteiger partial charge >= 0.3 is 5.97 Å². The summed E-state index contributed by atoms with van der Waals surface area (Å²) in [5.41, 5.74) is 2.03. The van der Waals surface area contributed by atoms with E-state index in [0.29, 0.717) is 34.9 Å². The van der Waals surface area contributed by atoms with Crippen LogP contribution in [0.3, 0.4) is 0 Å². The summed E-state index contributed by atoms with van der Waals surface area (Å²) in [6, 6.07) is 14.4. The monoisotopic (exact) mass is 355 g/mol. The molecule has 128 valence electrons. The van der Waals surface area contributed by atoms with Gasteiger partial charge in [0.15, 0.2) is 11.5 Å². The van der Waals surface area contributed by atoms with Crippen molar-refractivity contribution >= 4 is 29.2 Å². The van der Waals surface area contributed by atoms with Gasteiger partial charge in [-0.1, -0.05) is 36.7 Å². The molecule has 0 aliphatic rings. The molecule has 0 aliphatic heterocycles. The fraction of sp³-hybridized carbons (Fsp3) is 0.200. The summed E-state index contributed by atoms with van der Waals surface area (Å²) >= 11 is 5.88. The molecule has 2 aromatic rings. The molecule has 2 aromatic carbocycles. The van der Waals surface area contributed by atoms with E-state index in [2.05, 4.69) is 6.07 Å². The lowest BCUT2D eigenvalue weighted by molar-refractivity contribution is -0.134. The van der Waals surface area contributed by atoms with Crippen LogP contribution >= 0.6 is 11.6 Å². The molecule has 0 aromatic heterocycles. The summed E-state index contributed by atoms with van der Waals surface area (Å²) in [6.45, 7) is 1.91. The number of nitrogens with zero attached hydrogens (tertiary/aromatic N) is 1. The molecule has 0 heterocycles. The number of esters is 1. The number of rotatable bonds is 6. The van der Waals surface area contributed by atoms with E-state index in [0.717, 1.165) is 11.1 Å². The molecule has 25 heavy (non-hydrogen) atoms. The van der Waals surface area contributed by atoms with Crippen molar-refractivity contribution in [1.29, 1.82) is 5.26 Å². The summed E-state index contributed by atoms with van der Waals surface area (Å²) < 4.78 is 10.6. The number of nitriles is 1. The van der Waals surface area contributed by atoms with Gasteiger partial charge in [-0.2, -0.15) is 5.26 Å². The normalized spacial score (nSPS) is 10.9. The van der Waals surface area contributed by atoms with Gasteiger partial charge in [0, 0.05) is 11.4 Å². The molecule has 0 saturated carbocycles. The van der Waals surface area contributed by atoms with Crippen molar-refractivity contribution in [3.05, 3.63) is 58.6 Å². The first-order chi connectivity index (χ1) is 12.1. The fourth-order valence-corrected chi connectivity index (χ4v) is 2.34. The lowest BCUT2D eigenvalue weighted by atomic mass is 10.0. The van der Waals surface area contributed by atoms with Crippen LogP contribution in [0.15, 0.2) is 42.5 Å². The van der Waals surface area contributed by atoms with E-state index in [1.54, 1.807) is 48.5 Å². The first-order valence-corrected chi connectivity index (χ1v) is 8.21. The van der Waals surface area contributed by atoms with Crippen molar-refractivity contribution in [3.63, 3.8) is 0 Å². The number of carbonyl (C=O) groups is 1. The first-order valence-electron chi connectivity index (χ1n) is 7.83. The number of hydrogen-bond donors (Lipinski definition) is 0. The molecular weight excluding hydrogens is 338 g/mol. The average Bonchev–Trinajstić information content (AvgIpc) is 2.61. The minimum Gasteiger partial charge on any atom is -0.493 e. The van der Waals surface area contributed by atoms with Crippen LogP contribution < -0.4 is 9.47 Å². The van der Waals surface area contributed by atoms with Crippen molar-refractivity contribution in [2.24, 2.45) is 0 Å². The average molecular weight is 356 g/mol. The Bertz CT molecular complexity index is 820. The van der Waals surface area contributed by atoms with Crippen LogP contribution in [0.5, 0.6) is 11.5 Å². The largest absolute Gasteiger partial charge is 0.493 e. The SMILES string of the molecule is CCCC(=O)Oc1ccc(/C=C(\C#N)c2ccc(Cl)cc2)cc1OC. The third-order valence-electron chi connectivity index (χ3n) is 3.45. The Morgan fingerprint density at radius 1 is 1.20 bits per heavy atom. The van der Waals surface area contributed by atoms with Gasteiger partial charge in [0.05, 0.1) is 18.8 Å². The predicted molar refractivity (Wildman–Crippen MR) is 98.5 cm³/mol. The van der Waals surface area contributed by atoms with Crippen LogP contribution in [0.25, 0.3) is 11.6 Å². The topological polar surface area (TPSA) is 59.3 Å². The molecule has 2 rings (SSSR count). The Morgan fingerprint density at radius 2 is 1.92 bits per heavy atom. The zero-order valence-electron chi connectivity index (χ0n) is 14.1. The van der Waals surface area contributed by atoms with Gasteiger partial charge in [-0.15, -0.1) is 0 Å². The highest BCUT2D eigenvalue weighted by Crippen LogP contribution is 2.30. The molecule has 5 heteroatoms. The Kier molecular flexibility index (Phi) is 6.62. The Balaban J connectivity index is 2.31. The van der Waals surface area contributed by atoms with Crippen LogP contribution in [0.1, 0.15) is 30.9 Å². The summed E-state index contributed by atoms with van der Waals surface area (Å²) in [5.74, 6) is 0.498. The summed E-state index contributed by atoms with van der Waals surface area (Å²) in [4.78, 5) is 11.7. The number of carbonyl (C=O) groups excluding carboxylic acids is 1. The van der Waals surface area contributed by atoms with E-state index in [1.807, 2.05) is 6.92 Å². The van der Waals surface area contributed by atoms with Gasteiger partial charge in [-0.05, 0) is 47.9 Å². The van der Waals surface area contributed by atoms with Gasteiger partial charge in [0.2, 0.25) is 0 Å². The second-order valence-corrected chi connectivity index (χ2v) is 5.75. The quantitative estimate of drug-likeness (QED) is 0.312. The summed E-state index contributed by atoms with van der Waals surface area (Å²) in [6.07, 6.45) is 2.80. The highest BCUT2D eigenvalue weighted by atomic mass is 35.5. The molecular formula is C20H18ClNO3. The van der Waals surface area contributed by atoms with Crippen LogP contribution in [0, 0.1) is 11.3 Å². The van der Waals surface area contributed by atoms with E-state index < -0.39 is 0 Å². The van der Waals surface area contributed by atoms with Crippen molar-refractivity contribution in [2.45, 2.75) is 19.8 Å². The molecule has 0 bridgehead atoms. The molecule has 0 spiro atoms. The Morgan fingerprint density at radius 3 is 2.52 bits per heavy atom. The Hall–Kier alpha value is -2.77. The standard InChI is InChI=1S/C20H18ClNO3/c1-3-4-20(23)25-18-10-5-14(12-19(18)24-2)11-16(13-22)15-6-8-17(21)9-7-15/h5-12H,3-4H2,1-2H3/b16-11+. The number of halogens is 1. The molecule has 0 atom stereocenters.